The van der Waals surface area contributed by atoms with E-state index in [1.807, 2.05) is 18.2 Å². The van der Waals surface area contributed by atoms with Gasteiger partial charge in [0.2, 0.25) is 0 Å². The van der Waals surface area contributed by atoms with Crippen LogP contribution in [0.2, 0.25) is 0 Å². The molecule has 2 aromatic carbocycles. The molecule has 19 heavy (non-hydrogen) atoms. The summed E-state index contributed by atoms with van der Waals surface area (Å²) < 4.78 is 5.33. The van der Waals surface area contributed by atoms with Gasteiger partial charge in [0.15, 0.2) is 6.61 Å². The SMILES string of the molecule is Cc1cc(NC(=O)COc2ccccc2)ccc1O. The Morgan fingerprint density at radius 1 is 1.21 bits per heavy atom. The van der Waals surface area contributed by atoms with Crippen LogP contribution in [0, 0.1) is 6.92 Å². The molecule has 0 spiro atoms. The molecule has 0 aliphatic rings. The predicted octanol–water partition coefficient (Wildman–Crippen LogP) is 2.72. The number of para-hydroxylation sites is 1. The Balaban J connectivity index is 1.89. The third-order valence-corrected chi connectivity index (χ3v) is 2.59. The molecule has 0 aliphatic heterocycles. The third kappa shape index (κ3) is 3.74. The minimum absolute atomic E-state index is 0.0516. The number of phenols is 1. The predicted molar refractivity (Wildman–Crippen MR) is 73.4 cm³/mol. The van der Waals surface area contributed by atoms with Crippen LogP contribution in [0.1, 0.15) is 5.56 Å². The summed E-state index contributed by atoms with van der Waals surface area (Å²) in [6.45, 7) is 1.72. The Hall–Kier alpha value is -2.49. The van der Waals surface area contributed by atoms with Crippen molar-refractivity contribution in [1.82, 2.24) is 0 Å². The molecule has 2 aromatic rings. The molecule has 4 nitrogen and oxygen atoms in total. The molecule has 0 saturated carbocycles. The first-order chi connectivity index (χ1) is 9.15. The average molecular weight is 257 g/mol. The first kappa shape index (κ1) is 13.0. The zero-order valence-electron chi connectivity index (χ0n) is 10.6. The lowest BCUT2D eigenvalue weighted by molar-refractivity contribution is -0.118. The zero-order chi connectivity index (χ0) is 13.7. The van der Waals surface area contributed by atoms with Crippen molar-refractivity contribution in [2.45, 2.75) is 6.92 Å². The first-order valence-electron chi connectivity index (χ1n) is 5.92. The standard InChI is InChI=1S/C15H15NO3/c1-11-9-12(7-8-14(11)17)16-15(18)10-19-13-5-3-2-4-6-13/h2-9,17H,10H2,1H3,(H,16,18). The van der Waals surface area contributed by atoms with E-state index in [1.54, 1.807) is 37.3 Å². The maximum absolute atomic E-state index is 11.7. The van der Waals surface area contributed by atoms with E-state index in [-0.39, 0.29) is 18.3 Å². The van der Waals surface area contributed by atoms with Gasteiger partial charge in [-0.15, -0.1) is 0 Å². The van der Waals surface area contributed by atoms with Gasteiger partial charge in [-0.05, 0) is 42.8 Å². The Morgan fingerprint density at radius 3 is 2.63 bits per heavy atom. The number of ether oxygens (including phenoxy) is 1. The van der Waals surface area contributed by atoms with Gasteiger partial charge in [0, 0.05) is 5.69 Å². The molecule has 2 rings (SSSR count). The molecule has 0 saturated heterocycles. The molecule has 0 heterocycles. The molecule has 0 bridgehead atoms. The highest BCUT2D eigenvalue weighted by Crippen LogP contribution is 2.20. The van der Waals surface area contributed by atoms with E-state index in [0.717, 1.165) is 0 Å². The Bertz CT molecular complexity index is 567. The minimum atomic E-state index is -0.242. The lowest BCUT2D eigenvalue weighted by Gasteiger charge is -2.08. The second-order valence-electron chi connectivity index (χ2n) is 4.15. The highest BCUT2D eigenvalue weighted by atomic mass is 16.5. The molecule has 0 aliphatic carbocycles. The third-order valence-electron chi connectivity index (χ3n) is 2.59. The summed E-state index contributed by atoms with van der Waals surface area (Å²) in [6.07, 6.45) is 0. The fourth-order valence-electron chi connectivity index (χ4n) is 1.60. The number of hydrogen-bond acceptors (Lipinski definition) is 3. The van der Waals surface area contributed by atoms with Gasteiger partial charge in [-0.2, -0.15) is 0 Å². The summed E-state index contributed by atoms with van der Waals surface area (Å²) in [6, 6.07) is 14.0. The van der Waals surface area contributed by atoms with Crippen molar-refractivity contribution in [2.24, 2.45) is 0 Å². The largest absolute Gasteiger partial charge is 0.508 e. The summed E-state index contributed by atoms with van der Waals surface area (Å²) in [5.74, 6) is 0.618. The molecule has 4 heteroatoms. The number of aryl methyl sites for hydroxylation is 1. The van der Waals surface area contributed by atoms with Crippen LogP contribution < -0.4 is 10.1 Å². The Morgan fingerprint density at radius 2 is 1.95 bits per heavy atom. The van der Waals surface area contributed by atoms with Crippen LogP contribution in [-0.4, -0.2) is 17.6 Å². The van der Waals surface area contributed by atoms with E-state index < -0.39 is 0 Å². The van der Waals surface area contributed by atoms with Crippen molar-refractivity contribution in [3.05, 3.63) is 54.1 Å². The van der Waals surface area contributed by atoms with Gasteiger partial charge in [0.05, 0.1) is 0 Å². The van der Waals surface area contributed by atoms with E-state index in [1.165, 1.54) is 0 Å². The van der Waals surface area contributed by atoms with Crippen LogP contribution in [0.3, 0.4) is 0 Å². The Labute approximate surface area is 111 Å². The highest BCUT2D eigenvalue weighted by molar-refractivity contribution is 5.92. The molecule has 2 N–H and O–H groups in total. The van der Waals surface area contributed by atoms with Crippen LogP contribution >= 0.6 is 0 Å². The molecule has 0 unspecified atom stereocenters. The zero-order valence-corrected chi connectivity index (χ0v) is 10.6. The maximum Gasteiger partial charge on any atom is 0.262 e. The van der Waals surface area contributed by atoms with Gasteiger partial charge in [-0.3, -0.25) is 4.79 Å². The first-order valence-corrected chi connectivity index (χ1v) is 5.92. The topological polar surface area (TPSA) is 58.6 Å². The minimum Gasteiger partial charge on any atom is -0.508 e. The number of anilines is 1. The second kappa shape index (κ2) is 5.91. The number of rotatable bonds is 4. The number of aromatic hydroxyl groups is 1. The van der Waals surface area contributed by atoms with Crippen LogP contribution in [0.15, 0.2) is 48.5 Å². The molecule has 0 atom stereocenters. The van der Waals surface area contributed by atoms with Crippen molar-refractivity contribution in [3.63, 3.8) is 0 Å². The summed E-state index contributed by atoms with van der Waals surface area (Å²) >= 11 is 0. The van der Waals surface area contributed by atoms with Crippen molar-refractivity contribution < 1.29 is 14.6 Å². The number of carbonyl (C=O) groups is 1. The maximum atomic E-state index is 11.7. The molecule has 1 amide bonds. The molecule has 0 aromatic heterocycles. The quantitative estimate of drug-likeness (QED) is 0.828. The normalized spacial score (nSPS) is 9.95. The van der Waals surface area contributed by atoms with Crippen molar-refractivity contribution in [2.75, 3.05) is 11.9 Å². The molecular formula is C15H15NO3. The fraction of sp³-hybridized carbons (Fsp3) is 0.133. The van der Waals surface area contributed by atoms with E-state index >= 15 is 0 Å². The van der Waals surface area contributed by atoms with Crippen molar-refractivity contribution in [1.29, 1.82) is 0 Å². The summed E-state index contributed by atoms with van der Waals surface area (Å²) in [5, 5.41) is 12.1. The highest BCUT2D eigenvalue weighted by Gasteiger charge is 2.05. The number of amides is 1. The van der Waals surface area contributed by atoms with Gasteiger partial charge in [-0.1, -0.05) is 18.2 Å². The molecule has 98 valence electrons. The van der Waals surface area contributed by atoms with E-state index in [9.17, 15) is 9.90 Å². The molecule has 0 radical (unpaired) electrons. The van der Waals surface area contributed by atoms with E-state index in [2.05, 4.69) is 5.32 Å². The van der Waals surface area contributed by atoms with Crippen LogP contribution in [0.25, 0.3) is 0 Å². The number of hydrogen-bond donors (Lipinski definition) is 2. The van der Waals surface area contributed by atoms with Gasteiger partial charge in [0.25, 0.3) is 5.91 Å². The fourth-order valence-corrected chi connectivity index (χ4v) is 1.60. The van der Waals surface area contributed by atoms with Crippen LogP contribution in [-0.2, 0) is 4.79 Å². The van der Waals surface area contributed by atoms with E-state index in [4.69, 9.17) is 4.74 Å². The summed E-state index contributed by atoms with van der Waals surface area (Å²) in [7, 11) is 0. The van der Waals surface area contributed by atoms with Gasteiger partial charge in [-0.25, -0.2) is 0 Å². The molecule has 0 fully saturated rings. The second-order valence-corrected chi connectivity index (χ2v) is 4.15. The van der Waals surface area contributed by atoms with Crippen LogP contribution in [0.5, 0.6) is 11.5 Å². The number of nitrogens with one attached hydrogen (secondary N) is 1. The lowest BCUT2D eigenvalue weighted by atomic mass is 10.2. The lowest BCUT2D eigenvalue weighted by Crippen LogP contribution is -2.20. The van der Waals surface area contributed by atoms with Crippen molar-refractivity contribution >= 4 is 11.6 Å². The van der Waals surface area contributed by atoms with E-state index in [0.29, 0.717) is 17.0 Å². The van der Waals surface area contributed by atoms with Crippen LogP contribution in [0.4, 0.5) is 5.69 Å². The number of phenolic OH excluding ortho intramolecular Hbond substituents is 1. The van der Waals surface area contributed by atoms with Gasteiger partial charge >= 0.3 is 0 Å². The van der Waals surface area contributed by atoms with Gasteiger partial charge in [0.1, 0.15) is 11.5 Å². The smallest absolute Gasteiger partial charge is 0.262 e. The number of benzene rings is 2. The summed E-state index contributed by atoms with van der Waals surface area (Å²) in [5.41, 5.74) is 1.35. The monoisotopic (exact) mass is 257 g/mol. The van der Waals surface area contributed by atoms with Crippen molar-refractivity contribution in [3.8, 4) is 11.5 Å². The summed E-state index contributed by atoms with van der Waals surface area (Å²) in [4.78, 5) is 11.7. The average Bonchev–Trinajstić information content (AvgIpc) is 2.42. The Kier molecular flexibility index (Phi) is 4.03. The molecular weight excluding hydrogens is 242 g/mol. The number of carbonyl (C=O) groups excluding carboxylic acids is 1. The van der Waals surface area contributed by atoms with Gasteiger partial charge < -0.3 is 15.2 Å².